The topological polar surface area (TPSA) is 49.8 Å². The molecule has 4 heteroatoms. The van der Waals surface area contributed by atoms with Crippen molar-refractivity contribution in [1.29, 1.82) is 0 Å². The van der Waals surface area contributed by atoms with Gasteiger partial charge in [0.15, 0.2) is 0 Å². The van der Waals surface area contributed by atoms with Crippen LogP contribution in [0.2, 0.25) is 0 Å². The van der Waals surface area contributed by atoms with E-state index in [-0.39, 0.29) is 18.2 Å². The van der Waals surface area contributed by atoms with E-state index in [2.05, 4.69) is 31.2 Å². The Balaban J connectivity index is 1.72. The molecule has 26 heavy (non-hydrogen) atoms. The fourth-order valence-electron chi connectivity index (χ4n) is 4.44. The highest BCUT2D eigenvalue weighted by Crippen LogP contribution is 2.46. The lowest BCUT2D eigenvalue weighted by Gasteiger charge is -2.44. The maximum Gasteiger partial charge on any atom is 0.410 e. The molecule has 2 fully saturated rings. The average molecular weight is 360 g/mol. The standard InChI is InChI=1S/C22H33NO3/c1-5-6-7-16-8-10-17(11-9-16)22(25)14-18-12-13-19(15-22)23(18)20(24)26-21(2,3)4/h8-11,18-19,25H,5-7,12-15H2,1-4H3. The quantitative estimate of drug-likeness (QED) is 0.842. The molecule has 0 radical (unpaired) electrons. The fourth-order valence-corrected chi connectivity index (χ4v) is 4.44. The molecule has 1 amide bonds. The first kappa shape index (κ1) is 19.2. The molecule has 3 rings (SSSR count). The van der Waals surface area contributed by atoms with Gasteiger partial charge in [-0.05, 0) is 57.6 Å². The first-order valence-corrected chi connectivity index (χ1v) is 10.0. The number of nitrogens with zero attached hydrogens (tertiary/aromatic N) is 1. The van der Waals surface area contributed by atoms with E-state index in [1.54, 1.807) is 0 Å². The first-order valence-electron chi connectivity index (χ1n) is 10.0. The second-order valence-electron chi connectivity index (χ2n) is 9.01. The van der Waals surface area contributed by atoms with E-state index >= 15 is 0 Å². The van der Waals surface area contributed by atoms with Crippen molar-refractivity contribution in [3.63, 3.8) is 0 Å². The molecule has 2 bridgehead atoms. The van der Waals surface area contributed by atoms with Crippen LogP contribution in [0.4, 0.5) is 4.79 Å². The smallest absolute Gasteiger partial charge is 0.410 e. The van der Waals surface area contributed by atoms with Crippen LogP contribution < -0.4 is 0 Å². The number of piperidine rings is 1. The molecule has 2 aliphatic heterocycles. The number of hydrogen-bond donors (Lipinski definition) is 1. The summed E-state index contributed by atoms with van der Waals surface area (Å²) in [5.74, 6) is 0. The molecule has 0 aromatic heterocycles. The molecular weight excluding hydrogens is 326 g/mol. The van der Waals surface area contributed by atoms with Crippen molar-refractivity contribution in [2.75, 3.05) is 0 Å². The zero-order chi connectivity index (χ0) is 18.9. The minimum atomic E-state index is -0.840. The number of unbranched alkanes of at least 4 members (excludes halogenated alkanes) is 1. The van der Waals surface area contributed by atoms with Crippen LogP contribution in [0.15, 0.2) is 24.3 Å². The molecule has 2 unspecified atom stereocenters. The molecule has 2 heterocycles. The summed E-state index contributed by atoms with van der Waals surface area (Å²) in [6.07, 6.45) is 6.32. The Morgan fingerprint density at radius 3 is 2.27 bits per heavy atom. The molecular formula is C22H33NO3. The van der Waals surface area contributed by atoms with Crippen LogP contribution >= 0.6 is 0 Å². The van der Waals surface area contributed by atoms with E-state index in [0.29, 0.717) is 12.8 Å². The van der Waals surface area contributed by atoms with Crippen LogP contribution in [0.5, 0.6) is 0 Å². The summed E-state index contributed by atoms with van der Waals surface area (Å²) < 4.78 is 5.59. The third-order valence-electron chi connectivity index (χ3n) is 5.68. The third kappa shape index (κ3) is 4.06. The maximum atomic E-state index is 12.6. The SMILES string of the molecule is CCCCc1ccc(C2(O)CC3CCC(C2)N3C(=O)OC(C)(C)C)cc1. The number of benzene rings is 1. The predicted molar refractivity (Wildman–Crippen MR) is 103 cm³/mol. The highest BCUT2D eigenvalue weighted by Gasteiger charge is 2.51. The molecule has 144 valence electrons. The number of aliphatic hydroxyl groups is 1. The largest absolute Gasteiger partial charge is 0.444 e. The summed E-state index contributed by atoms with van der Waals surface area (Å²) in [4.78, 5) is 14.5. The Hall–Kier alpha value is -1.55. The van der Waals surface area contributed by atoms with Gasteiger partial charge in [-0.3, -0.25) is 0 Å². The first-order chi connectivity index (χ1) is 12.2. The summed E-state index contributed by atoms with van der Waals surface area (Å²) in [5, 5.41) is 11.3. The summed E-state index contributed by atoms with van der Waals surface area (Å²) >= 11 is 0. The van der Waals surface area contributed by atoms with Gasteiger partial charge < -0.3 is 14.7 Å². The van der Waals surface area contributed by atoms with Crippen molar-refractivity contribution in [1.82, 2.24) is 4.90 Å². The van der Waals surface area contributed by atoms with Gasteiger partial charge in [0, 0.05) is 24.9 Å². The van der Waals surface area contributed by atoms with Crippen molar-refractivity contribution < 1.29 is 14.6 Å². The van der Waals surface area contributed by atoms with Gasteiger partial charge >= 0.3 is 6.09 Å². The number of amides is 1. The van der Waals surface area contributed by atoms with Crippen LogP contribution in [0.3, 0.4) is 0 Å². The van der Waals surface area contributed by atoms with Crippen LogP contribution in [0.25, 0.3) is 0 Å². The molecule has 1 N–H and O–H groups in total. The summed E-state index contributed by atoms with van der Waals surface area (Å²) in [6.45, 7) is 7.89. The number of fused-ring (bicyclic) bond motifs is 2. The minimum absolute atomic E-state index is 0.0633. The van der Waals surface area contributed by atoms with Crippen LogP contribution in [0.1, 0.15) is 77.3 Å². The van der Waals surface area contributed by atoms with Gasteiger partial charge in [0.2, 0.25) is 0 Å². The zero-order valence-electron chi connectivity index (χ0n) is 16.6. The fraction of sp³-hybridized carbons (Fsp3) is 0.682. The van der Waals surface area contributed by atoms with E-state index in [4.69, 9.17) is 4.74 Å². The van der Waals surface area contributed by atoms with Crippen LogP contribution in [0, 0.1) is 0 Å². The molecule has 1 aromatic carbocycles. The number of hydrogen-bond acceptors (Lipinski definition) is 3. The van der Waals surface area contributed by atoms with E-state index in [1.807, 2.05) is 25.7 Å². The highest BCUT2D eigenvalue weighted by molar-refractivity contribution is 5.69. The number of ether oxygens (including phenoxy) is 1. The Kier molecular flexibility index (Phi) is 5.34. The molecule has 2 atom stereocenters. The van der Waals surface area contributed by atoms with Gasteiger partial charge in [-0.1, -0.05) is 37.6 Å². The summed E-state index contributed by atoms with van der Waals surface area (Å²) in [6, 6.07) is 8.57. The zero-order valence-corrected chi connectivity index (χ0v) is 16.6. The Bertz CT molecular complexity index is 618. The lowest BCUT2D eigenvalue weighted by Crippen LogP contribution is -2.53. The molecule has 1 aromatic rings. The monoisotopic (exact) mass is 359 g/mol. The van der Waals surface area contributed by atoms with Gasteiger partial charge in [0.25, 0.3) is 0 Å². The molecule has 2 aliphatic rings. The number of aryl methyl sites for hydroxylation is 1. The van der Waals surface area contributed by atoms with Crippen molar-refractivity contribution in [3.05, 3.63) is 35.4 Å². The maximum absolute atomic E-state index is 12.6. The second kappa shape index (κ2) is 7.22. The Morgan fingerprint density at radius 2 is 1.77 bits per heavy atom. The molecule has 4 nitrogen and oxygen atoms in total. The summed E-state index contributed by atoms with van der Waals surface area (Å²) in [5.41, 5.74) is 0.985. The van der Waals surface area contributed by atoms with Crippen molar-refractivity contribution in [2.45, 2.75) is 95.9 Å². The third-order valence-corrected chi connectivity index (χ3v) is 5.68. The van der Waals surface area contributed by atoms with E-state index < -0.39 is 11.2 Å². The van der Waals surface area contributed by atoms with E-state index in [9.17, 15) is 9.90 Å². The van der Waals surface area contributed by atoms with Crippen LogP contribution in [-0.4, -0.2) is 33.8 Å². The van der Waals surface area contributed by atoms with Gasteiger partial charge in [-0.25, -0.2) is 4.79 Å². The van der Waals surface area contributed by atoms with Crippen molar-refractivity contribution >= 4 is 6.09 Å². The van der Waals surface area contributed by atoms with E-state index in [0.717, 1.165) is 24.8 Å². The Labute approximate surface area is 157 Å². The van der Waals surface area contributed by atoms with Gasteiger partial charge in [-0.15, -0.1) is 0 Å². The van der Waals surface area contributed by atoms with Gasteiger partial charge in [0.1, 0.15) is 5.60 Å². The van der Waals surface area contributed by atoms with Crippen molar-refractivity contribution in [3.8, 4) is 0 Å². The average Bonchev–Trinajstić information content (AvgIpc) is 2.84. The van der Waals surface area contributed by atoms with E-state index in [1.165, 1.54) is 18.4 Å². The van der Waals surface area contributed by atoms with Crippen LogP contribution in [-0.2, 0) is 16.8 Å². The minimum Gasteiger partial charge on any atom is -0.444 e. The number of rotatable bonds is 4. The Morgan fingerprint density at radius 1 is 1.19 bits per heavy atom. The molecule has 2 saturated heterocycles. The normalized spacial score (nSPS) is 28.3. The predicted octanol–water partition coefficient (Wildman–Crippen LogP) is 4.78. The highest BCUT2D eigenvalue weighted by atomic mass is 16.6. The summed E-state index contributed by atoms with van der Waals surface area (Å²) in [7, 11) is 0. The lowest BCUT2D eigenvalue weighted by molar-refractivity contribution is -0.0624. The van der Waals surface area contributed by atoms with Gasteiger partial charge in [-0.2, -0.15) is 0 Å². The second-order valence-corrected chi connectivity index (χ2v) is 9.01. The molecule has 0 saturated carbocycles. The lowest BCUT2D eigenvalue weighted by atomic mass is 9.80. The van der Waals surface area contributed by atoms with Gasteiger partial charge in [0.05, 0.1) is 5.60 Å². The van der Waals surface area contributed by atoms with Crippen molar-refractivity contribution in [2.24, 2.45) is 0 Å². The number of carbonyl (C=O) groups excluding carboxylic acids is 1. The molecule has 0 aliphatic carbocycles. The molecule has 0 spiro atoms. The number of carbonyl (C=O) groups is 1.